The Morgan fingerprint density at radius 1 is 0.857 bits per heavy atom. The fourth-order valence-electron chi connectivity index (χ4n) is 4.47. The summed E-state index contributed by atoms with van der Waals surface area (Å²) in [5.41, 5.74) is -0.227. The van der Waals surface area contributed by atoms with Gasteiger partial charge in [0, 0.05) is 0 Å². The average Bonchev–Trinajstić information content (AvgIpc) is 2.21. The standard InChI is InChI=1S/C13H22O/c14-13-7-2-1-5-11(13)8-10-4-3-6-12(13)9-10/h10-12,14H,1-9H2. The summed E-state index contributed by atoms with van der Waals surface area (Å²) in [6, 6.07) is 0. The zero-order valence-electron chi connectivity index (χ0n) is 9.04. The minimum absolute atomic E-state index is 0.227. The molecule has 4 atom stereocenters. The zero-order valence-corrected chi connectivity index (χ0v) is 9.04. The summed E-state index contributed by atoms with van der Waals surface area (Å²) in [5, 5.41) is 10.8. The summed E-state index contributed by atoms with van der Waals surface area (Å²) in [7, 11) is 0. The molecule has 3 aliphatic carbocycles. The smallest absolute Gasteiger partial charge is 0.0704 e. The van der Waals surface area contributed by atoms with Gasteiger partial charge in [-0.05, 0) is 49.9 Å². The molecule has 4 unspecified atom stereocenters. The largest absolute Gasteiger partial charge is 0.389 e. The predicted octanol–water partition coefficient (Wildman–Crippen LogP) is 3.12. The molecule has 80 valence electrons. The first kappa shape index (κ1) is 9.21. The quantitative estimate of drug-likeness (QED) is 0.628. The van der Waals surface area contributed by atoms with Crippen LogP contribution < -0.4 is 0 Å². The maximum atomic E-state index is 10.8. The van der Waals surface area contributed by atoms with Crippen molar-refractivity contribution in [3.8, 4) is 0 Å². The monoisotopic (exact) mass is 194 g/mol. The molecule has 0 saturated heterocycles. The van der Waals surface area contributed by atoms with E-state index in [0.717, 1.165) is 12.3 Å². The van der Waals surface area contributed by atoms with Gasteiger partial charge >= 0.3 is 0 Å². The van der Waals surface area contributed by atoms with Crippen LogP contribution in [0.3, 0.4) is 0 Å². The summed E-state index contributed by atoms with van der Waals surface area (Å²) in [5.74, 6) is 2.30. The van der Waals surface area contributed by atoms with Crippen LogP contribution in [0.5, 0.6) is 0 Å². The van der Waals surface area contributed by atoms with Crippen LogP contribution in [0.25, 0.3) is 0 Å². The van der Waals surface area contributed by atoms with Crippen molar-refractivity contribution >= 4 is 0 Å². The maximum absolute atomic E-state index is 10.8. The molecule has 3 saturated carbocycles. The van der Waals surface area contributed by atoms with Crippen LogP contribution in [0.15, 0.2) is 0 Å². The third kappa shape index (κ3) is 1.25. The molecule has 0 spiro atoms. The lowest BCUT2D eigenvalue weighted by atomic mass is 9.55. The number of aliphatic hydroxyl groups is 1. The van der Waals surface area contributed by atoms with Crippen molar-refractivity contribution in [2.75, 3.05) is 0 Å². The first-order valence-electron chi connectivity index (χ1n) is 6.51. The molecule has 14 heavy (non-hydrogen) atoms. The van der Waals surface area contributed by atoms with E-state index in [9.17, 15) is 5.11 Å². The first-order valence-corrected chi connectivity index (χ1v) is 6.51. The molecule has 3 aliphatic rings. The molecule has 0 aromatic rings. The lowest BCUT2D eigenvalue weighted by molar-refractivity contribution is -0.143. The number of hydrogen-bond donors (Lipinski definition) is 1. The van der Waals surface area contributed by atoms with Gasteiger partial charge in [0.2, 0.25) is 0 Å². The van der Waals surface area contributed by atoms with E-state index in [2.05, 4.69) is 0 Å². The van der Waals surface area contributed by atoms with E-state index in [-0.39, 0.29) is 5.60 Å². The second-order valence-corrected chi connectivity index (χ2v) is 5.90. The van der Waals surface area contributed by atoms with Crippen LogP contribution in [0.2, 0.25) is 0 Å². The topological polar surface area (TPSA) is 20.2 Å². The molecule has 3 rings (SSSR count). The van der Waals surface area contributed by atoms with E-state index >= 15 is 0 Å². The highest BCUT2D eigenvalue weighted by atomic mass is 16.3. The van der Waals surface area contributed by atoms with Crippen molar-refractivity contribution in [2.45, 2.75) is 63.4 Å². The van der Waals surface area contributed by atoms with Gasteiger partial charge in [-0.1, -0.05) is 25.7 Å². The van der Waals surface area contributed by atoms with Gasteiger partial charge in [0.1, 0.15) is 0 Å². The normalized spacial score (nSPS) is 52.5. The molecular formula is C13H22O. The van der Waals surface area contributed by atoms with Crippen LogP contribution in [0.1, 0.15) is 57.8 Å². The van der Waals surface area contributed by atoms with E-state index in [1.807, 2.05) is 0 Å². The zero-order chi connectivity index (χ0) is 9.60. The van der Waals surface area contributed by atoms with Gasteiger partial charge in [-0.2, -0.15) is 0 Å². The van der Waals surface area contributed by atoms with Crippen molar-refractivity contribution in [2.24, 2.45) is 17.8 Å². The molecule has 0 aromatic carbocycles. The molecule has 0 radical (unpaired) electrons. The fourth-order valence-corrected chi connectivity index (χ4v) is 4.47. The van der Waals surface area contributed by atoms with Crippen LogP contribution in [0, 0.1) is 17.8 Å². The van der Waals surface area contributed by atoms with E-state index in [1.54, 1.807) is 0 Å². The lowest BCUT2D eigenvalue weighted by Crippen LogP contribution is -2.53. The highest BCUT2D eigenvalue weighted by Gasteiger charge is 2.50. The molecule has 0 heterocycles. The molecule has 1 nitrogen and oxygen atoms in total. The molecule has 2 bridgehead atoms. The van der Waals surface area contributed by atoms with E-state index in [1.165, 1.54) is 51.4 Å². The van der Waals surface area contributed by atoms with Crippen LogP contribution in [-0.4, -0.2) is 10.7 Å². The van der Waals surface area contributed by atoms with Crippen LogP contribution >= 0.6 is 0 Å². The number of fused-ring (bicyclic) bond motifs is 4. The SMILES string of the molecule is OC12CCCCC1CC1CCCC2C1. The van der Waals surface area contributed by atoms with Gasteiger partial charge in [0.25, 0.3) is 0 Å². The Hall–Kier alpha value is -0.0400. The Labute approximate surface area is 86.9 Å². The predicted molar refractivity (Wildman–Crippen MR) is 57.0 cm³/mol. The van der Waals surface area contributed by atoms with Crippen molar-refractivity contribution in [3.05, 3.63) is 0 Å². The van der Waals surface area contributed by atoms with E-state index < -0.39 is 0 Å². The van der Waals surface area contributed by atoms with Gasteiger partial charge in [-0.15, -0.1) is 0 Å². The highest BCUT2D eigenvalue weighted by molar-refractivity contribution is 5.01. The Morgan fingerprint density at radius 2 is 1.57 bits per heavy atom. The Balaban J connectivity index is 1.86. The summed E-state index contributed by atoms with van der Waals surface area (Å²) in [6.07, 6.45) is 11.9. The minimum Gasteiger partial charge on any atom is -0.389 e. The summed E-state index contributed by atoms with van der Waals surface area (Å²) >= 11 is 0. The summed E-state index contributed by atoms with van der Waals surface area (Å²) in [6.45, 7) is 0. The van der Waals surface area contributed by atoms with E-state index in [0.29, 0.717) is 11.8 Å². The van der Waals surface area contributed by atoms with Gasteiger partial charge in [0.05, 0.1) is 5.60 Å². The molecule has 0 aromatic heterocycles. The molecule has 1 N–H and O–H groups in total. The second-order valence-electron chi connectivity index (χ2n) is 5.90. The van der Waals surface area contributed by atoms with Crippen molar-refractivity contribution < 1.29 is 5.11 Å². The first-order chi connectivity index (χ1) is 6.79. The highest BCUT2D eigenvalue weighted by Crippen LogP contribution is 2.53. The van der Waals surface area contributed by atoms with Crippen LogP contribution in [-0.2, 0) is 0 Å². The number of rotatable bonds is 0. The Bertz CT molecular complexity index is 219. The minimum atomic E-state index is -0.227. The van der Waals surface area contributed by atoms with Crippen molar-refractivity contribution in [1.29, 1.82) is 0 Å². The molecular weight excluding hydrogens is 172 g/mol. The molecule has 3 fully saturated rings. The lowest BCUT2D eigenvalue weighted by Gasteiger charge is -2.53. The third-order valence-electron chi connectivity index (χ3n) is 5.19. The maximum Gasteiger partial charge on any atom is 0.0704 e. The fraction of sp³-hybridized carbons (Fsp3) is 1.00. The molecule has 0 aliphatic heterocycles. The van der Waals surface area contributed by atoms with Gasteiger partial charge in [-0.25, -0.2) is 0 Å². The van der Waals surface area contributed by atoms with Crippen LogP contribution in [0.4, 0.5) is 0 Å². The van der Waals surface area contributed by atoms with Gasteiger partial charge < -0.3 is 5.11 Å². The third-order valence-corrected chi connectivity index (χ3v) is 5.19. The van der Waals surface area contributed by atoms with Crippen molar-refractivity contribution in [1.82, 2.24) is 0 Å². The second kappa shape index (κ2) is 3.23. The van der Waals surface area contributed by atoms with E-state index in [4.69, 9.17) is 0 Å². The Morgan fingerprint density at radius 3 is 2.36 bits per heavy atom. The van der Waals surface area contributed by atoms with Gasteiger partial charge in [0.15, 0.2) is 0 Å². The molecule has 0 amide bonds. The summed E-state index contributed by atoms with van der Waals surface area (Å²) in [4.78, 5) is 0. The summed E-state index contributed by atoms with van der Waals surface area (Å²) < 4.78 is 0. The number of hydrogen-bond acceptors (Lipinski definition) is 1. The van der Waals surface area contributed by atoms with Gasteiger partial charge in [-0.3, -0.25) is 0 Å². The van der Waals surface area contributed by atoms with Crippen molar-refractivity contribution in [3.63, 3.8) is 0 Å². The Kier molecular flexibility index (Phi) is 2.12. The average molecular weight is 194 g/mol. The molecule has 1 heteroatoms.